The van der Waals surface area contributed by atoms with Crippen molar-refractivity contribution in [3.8, 4) is 0 Å². The zero-order valence-electron chi connectivity index (χ0n) is 15.4. The first-order valence-electron chi connectivity index (χ1n) is 10.1. The van der Waals surface area contributed by atoms with Crippen LogP contribution in [0.15, 0.2) is 24.3 Å². The van der Waals surface area contributed by atoms with E-state index in [1.807, 2.05) is 29.2 Å². The molecule has 140 valence electrons. The fourth-order valence-electron chi connectivity index (χ4n) is 4.94. The molecule has 4 rings (SSSR count). The molecule has 3 fully saturated rings. The highest BCUT2D eigenvalue weighted by molar-refractivity contribution is 5.96. The number of hydrogen-bond donors (Lipinski definition) is 2. The summed E-state index contributed by atoms with van der Waals surface area (Å²) in [5, 5.41) is 6.62. The van der Waals surface area contributed by atoms with E-state index in [-0.39, 0.29) is 17.2 Å². The van der Waals surface area contributed by atoms with Crippen molar-refractivity contribution in [2.45, 2.75) is 51.5 Å². The fraction of sp³-hybridized carbons (Fsp3) is 0.619. The van der Waals surface area contributed by atoms with Crippen LogP contribution in [0.25, 0.3) is 0 Å². The number of benzene rings is 1. The number of piperidine rings is 1. The number of carbonyl (C=O) groups excluding carboxylic acids is 2. The number of rotatable bonds is 4. The van der Waals surface area contributed by atoms with Gasteiger partial charge < -0.3 is 15.5 Å². The highest BCUT2D eigenvalue weighted by Crippen LogP contribution is 2.44. The molecule has 5 heteroatoms. The van der Waals surface area contributed by atoms with E-state index in [2.05, 4.69) is 10.6 Å². The molecule has 0 bridgehead atoms. The summed E-state index contributed by atoms with van der Waals surface area (Å²) in [6, 6.07) is 7.99. The van der Waals surface area contributed by atoms with Crippen LogP contribution in [0.1, 0.15) is 50.5 Å². The monoisotopic (exact) mass is 355 g/mol. The first-order valence-corrected chi connectivity index (χ1v) is 10.1. The average molecular weight is 355 g/mol. The molecule has 2 N–H and O–H groups in total. The van der Waals surface area contributed by atoms with Gasteiger partial charge in [-0.05, 0) is 55.8 Å². The molecule has 2 aliphatic heterocycles. The molecule has 26 heavy (non-hydrogen) atoms. The molecule has 1 saturated carbocycles. The lowest BCUT2D eigenvalue weighted by Crippen LogP contribution is -2.44. The van der Waals surface area contributed by atoms with Gasteiger partial charge in [-0.25, -0.2) is 0 Å². The summed E-state index contributed by atoms with van der Waals surface area (Å²) in [5.41, 5.74) is 1.69. The molecule has 1 aromatic rings. The van der Waals surface area contributed by atoms with Crippen molar-refractivity contribution in [1.29, 1.82) is 0 Å². The quantitative estimate of drug-likeness (QED) is 0.873. The molecular formula is C21H29N3O2. The summed E-state index contributed by atoms with van der Waals surface area (Å²) in [4.78, 5) is 27.1. The Morgan fingerprint density at radius 2 is 2.19 bits per heavy atom. The molecule has 5 nitrogen and oxygen atoms in total. The first kappa shape index (κ1) is 17.5. The second-order valence-electron chi connectivity index (χ2n) is 8.16. The number of carbonyl (C=O) groups is 2. The van der Waals surface area contributed by atoms with Crippen LogP contribution in [0.5, 0.6) is 0 Å². The Bertz CT molecular complexity index is 690. The summed E-state index contributed by atoms with van der Waals surface area (Å²) >= 11 is 0. The van der Waals surface area contributed by atoms with E-state index in [0.29, 0.717) is 18.9 Å². The first-order chi connectivity index (χ1) is 12.7. The lowest BCUT2D eigenvalue weighted by molar-refractivity contribution is -0.134. The minimum atomic E-state index is -0.239. The molecule has 0 aromatic heterocycles. The number of nitrogens with one attached hydrogen (secondary N) is 2. The molecule has 2 atom stereocenters. The van der Waals surface area contributed by atoms with E-state index in [1.165, 1.54) is 6.42 Å². The fourth-order valence-corrected chi connectivity index (χ4v) is 4.94. The van der Waals surface area contributed by atoms with Gasteiger partial charge in [-0.2, -0.15) is 0 Å². The normalized spacial score (nSPS) is 28.7. The predicted molar refractivity (Wildman–Crippen MR) is 102 cm³/mol. The van der Waals surface area contributed by atoms with Crippen molar-refractivity contribution >= 4 is 17.5 Å². The van der Waals surface area contributed by atoms with E-state index in [1.54, 1.807) is 0 Å². The van der Waals surface area contributed by atoms with Crippen LogP contribution >= 0.6 is 0 Å². The third kappa shape index (κ3) is 3.37. The van der Waals surface area contributed by atoms with Crippen molar-refractivity contribution < 1.29 is 9.59 Å². The maximum atomic E-state index is 13.1. The van der Waals surface area contributed by atoms with Gasteiger partial charge in [0.15, 0.2) is 0 Å². The maximum Gasteiger partial charge on any atom is 0.232 e. The zero-order valence-corrected chi connectivity index (χ0v) is 15.4. The average Bonchev–Trinajstić information content (AvgIpc) is 3.09. The van der Waals surface area contributed by atoms with Crippen LogP contribution < -0.4 is 10.6 Å². The summed E-state index contributed by atoms with van der Waals surface area (Å²) in [6.07, 6.45) is 7.26. The largest absolute Gasteiger partial charge is 0.338 e. The van der Waals surface area contributed by atoms with Crippen molar-refractivity contribution in [1.82, 2.24) is 10.2 Å². The van der Waals surface area contributed by atoms with Crippen LogP contribution in [0, 0.1) is 11.3 Å². The molecule has 0 spiro atoms. The third-order valence-electron chi connectivity index (χ3n) is 6.47. The minimum absolute atomic E-state index is 0.165. The van der Waals surface area contributed by atoms with E-state index in [0.717, 1.165) is 63.0 Å². The smallest absolute Gasteiger partial charge is 0.232 e. The van der Waals surface area contributed by atoms with Gasteiger partial charge >= 0.3 is 0 Å². The van der Waals surface area contributed by atoms with Crippen LogP contribution in [0.4, 0.5) is 5.69 Å². The number of fused-ring (bicyclic) bond motifs is 1. The molecule has 2 saturated heterocycles. The Balaban J connectivity index is 1.45. The SMILES string of the molecule is O=C1CCCCN1Cc1cccc(NC(=O)[C@@]23CCCC[C@H]2CNC3)c1. The molecule has 0 radical (unpaired) electrons. The number of amides is 2. The molecule has 3 aliphatic rings. The summed E-state index contributed by atoms with van der Waals surface area (Å²) < 4.78 is 0. The van der Waals surface area contributed by atoms with Crippen molar-refractivity contribution in [2.24, 2.45) is 11.3 Å². The Morgan fingerprint density at radius 1 is 1.27 bits per heavy atom. The van der Waals surface area contributed by atoms with Gasteiger partial charge in [0, 0.05) is 31.7 Å². The van der Waals surface area contributed by atoms with Gasteiger partial charge in [0.25, 0.3) is 0 Å². The minimum Gasteiger partial charge on any atom is -0.338 e. The number of hydrogen-bond acceptors (Lipinski definition) is 3. The number of nitrogens with zero attached hydrogens (tertiary/aromatic N) is 1. The van der Waals surface area contributed by atoms with Crippen molar-refractivity contribution in [3.05, 3.63) is 29.8 Å². The van der Waals surface area contributed by atoms with Crippen LogP contribution in [0.2, 0.25) is 0 Å². The topological polar surface area (TPSA) is 61.4 Å². The van der Waals surface area contributed by atoms with E-state index < -0.39 is 0 Å². The van der Waals surface area contributed by atoms with Gasteiger partial charge in [-0.15, -0.1) is 0 Å². The lowest BCUT2D eigenvalue weighted by Gasteiger charge is -2.37. The van der Waals surface area contributed by atoms with E-state index in [9.17, 15) is 9.59 Å². The predicted octanol–water partition coefficient (Wildman–Crippen LogP) is 2.92. The Labute approximate surface area is 155 Å². The zero-order chi connectivity index (χ0) is 18.0. The summed E-state index contributed by atoms with van der Waals surface area (Å²) in [7, 11) is 0. The molecule has 2 heterocycles. The lowest BCUT2D eigenvalue weighted by atomic mass is 9.67. The van der Waals surface area contributed by atoms with Crippen molar-refractivity contribution in [2.75, 3.05) is 25.0 Å². The van der Waals surface area contributed by atoms with Gasteiger partial charge in [0.2, 0.25) is 11.8 Å². The second kappa shape index (κ2) is 7.39. The molecule has 1 aromatic carbocycles. The van der Waals surface area contributed by atoms with E-state index >= 15 is 0 Å². The van der Waals surface area contributed by atoms with Gasteiger partial charge in [-0.1, -0.05) is 25.0 Å². The standard InChI is InChI=1S/C21H29N3O2/c25-19-9-2-4-11-24(19)14-16-6-5-8-18(12-16)23-20(26)21-10-3-1-7-17(21)13-22-15-21/h5-6,8,12,17,22H,1-4,7,9-11,13-15H2,(H,23,26)/t17-,21+/m0/s1. The number of anilines is 1. The van der Waals surface area contributed by atoms with E-state index in [4.69, 9.17) is 0 Å². The molecular weight excluding hydrogens is 326 g/mol. The Kier molecular flexibility index (Phi) is 4.98. The Hall–Kier alpha value is -1.88. The molecule has 1 aliphatic carbocycles. The van der Waals surface area contributed by atoms with Crippen LogP contribution in [-0.2, 0) is 16.1 Å². The van der Waals surface area contributed by atoms with Gasteiger partial charge in [0.1, 0.15) is 0 Å². The summed E-state index contributed by atoms with van der Waals surface area (Å²) in [5.74, 6) is 0.871. The highest BCUT2D eigenvalue weighted by Gasteiger charge is 2.49. The van der Waals surface area contributed by atoms with Gasteiger partial charge in [-0.3, -0.25) is 9.59 Å². The van der Waals surface area contributed by atoms with Crippen LogP contribution in [0.3, 0.4) is 0 Å². The third-order valence-corrected chi connectivity index (χ3v) is 6.47. The molecule has 2 amide bonds. The van der Waals surface area contributed by atoms with Crippen molar-refractivity contribution in [3.63, 3.8) is 0 Å². The van der Waals surface area contributed by atoms with Gasteiger partial charge in [0.05, 0.1) is 5.41 Å². The summed E-state index contributed by atoms with van der Waals surface area (Å²) in [6.45, 7) is 3.24. The molecule has 0 unspecified atom stereocenters. The second-order valence-corrected chi connectivity index (χ2v) is 8.16. The number of likely N-dealkylation sites (tertiary alicyclic amines) is 1. The Morgan fingerprint density at radius 3 is 3.08 bits per heavy atom. The van der Waals surface area contributed by atoms with Crippen LogP contribution in [-0.4, -0.2) is 36.3 Å². The highest BCUT2D eigenvalue weighted by atomic mass is 16.2. The maximum absolute atomic E-state index is 13.1.